The summed E-state index contributed by atoms with van der Waals surface area (Å²) in [6.45, 7) is 6.28. The largest absolute Gasteiger partial charge is 0.446 e. The summed E-state index contributed by atoms with van der Waals surface area (Å²) in [5, 5.41) is 0. The number of ketones is 1. The number of benzene rings is 1. The average molecular weight is 348 g/mol. The van der Waals surface area contributed by atoms with Gasteiger partial charge in [0, 0.05) is 18.8 Å². The average Bonchev–Trinajstić information content (AvgIpc) is 2.96. The molecule has 2 aromatic rings. The van der Waals surface area contributed by atoms with Crippen LogP contribution in [-0.4, -0.2) is 29.1 Å². The third-order valence-corrected chi connectivity index (χ3v) is 4.19. The Balaban J connectivity index is 1.58. The van der Waals surface area contributed by atoms with Crippen molar-refractivity contribution in [3.63, 3.8) is 0 Å². The van der Waals surface area contributed by atoms with E-state index in [1.54, 1.807) is 30.5 Å². The zero-order valence-corrected chi connectivity index (χ0v) is 14.6. The number of ether oxygens (including phenoxy) is 1. The van der Waals surface area contributed by atoms with E-state index >= 15 is 0 Å². The summed E-state index contributed by atoms with van der Waals surface area (Å²) >= 11 is 0. The lowest BCUT2D eigenvalue weighted by Gasteiger charge is -2.11. The molecular formula is C21H20N2O3. The summed E-state index contributed by atoms with van der Waals surface area (Å²) in [4.78, 5) is 32.5. The third-order valence-electron chi connectivity index (χ3n) is 4.19. The highest BCUT2D eigenvalue weighted by Gasteiger charge is 2.31. The number of Topliss-reactive ketones (excluding diaryl/α,β-unsaturated/α-hetero) is 1. The summed E-state index contributed by atoms with van der Waals surface area (Å²) < 4.78 is 5.28. The number of esters is 1. The molecule has 0 saturated heterocycles. The van der Waals surface area contributed by atoms with E-state index in [1.807, 2.05) is 25.3 Å². The van der Waals surface area contributed by atoms with Gasteiger partial charge in [-0.15, -0.1) is 0 Å². The minimum atomic E-state index is -0.800. The van der Waals surface area contributed by atoms with Crippen LogP contribution in [0.3, 0.4) is 0 Å². The molecule has 1 aromatic carbocycles. The number of nitrogens with zero attached hydrogens (tertiary/aromatic N) is 2. The Morgan fingerprint density at radius 1 is 1.27 bits per heavy atom. The van der Waals surface area contributed by atoms with Crippen molar-refractivity contribution in [2.75, 3.05) is 0 Å². The van der Waals surface area contributed by atoms with Gasteiger partial charge in [0.2, 0.25) is 0 Å². The van der Waals surface area contributed by atoms with E-state index in [0.29, 0.717) is 30.5 Å². The van der Waals surface area contributed by atoms with Crippen molar-refractivity contribution in [2.45, 2.75) is 32.4 Å². The molecule has 0 spiro atoms. The second kappa shape index (κ2) is 7.87. The highest BCUT2D eigenvalue weighted by atomic mass is 16.5. The van der Waals surface area contributed by atoms with Gasteiger partial charge in [0.25, 0.3) is 0 Å². The Labute approximate surface area is 152 Å². The van der Waals surface area contributed by atoms with Gasteiger partial charge in [-0.1, -0.05) is 24.8 Å². The number of aromatic nitrogens is 1. The van der Waals surface area contributed by atoms with Gasteiger partial charge in [0.05, 0.1) is 17.8 Å². The van der Waals surface area contributed by atoms with Crippen LogP contribution < -0.4 is 0 Å². The zero-order chi connectivity index (χ0) is 18.5. The van der Waals surface area contributed by atoms with Crippen LogP contribution in [0.25, 0.3) is 0 Å². The number of hydrogen-bond acceptors (Lipinski definition) is 5. The molecule has 5 heteroatoms. The van der Waals surface area contributed by atoms with Gasteiger partial charge in [-0.05, 0) is 48.2 Å². The van der Waals surface area contributed by atoms with Crippen LogP contribution in [0.2, 0.25) is 0 Å². The fraction of sp³-hybridized carbons (Fsp3) is 0.238. The van der Waals surface area contributed by atoms with Crippen molar-refractivity contribution in [3.05, 3.63) is 77.1 Å². The minimum Gasteiger partial charge on any atom is -0.446 e. The predicted octanol–water partition coefficient (Wildman–Crippen LogP) is 3.45. The number of hydrogen-bond donors (Lipinski definition) is 0. The van der Waals surface area contributed by atoms with Crippen LogP contribution in [0.4, 0.5) is 0 Å². The molecule has 1 heterocycles. The molecule has 0 N–H and O–H groups in total. The summed E-state index contributed by atoms with van der Waals surface area (Å²) in [5.74, 6) is -0.601. The smallest absolute Gasteiger partial charge is 0.339 e. The van der Waals surface area contributed by atoms with Gasteiger partial charge in [-0.25, -0.2) is 4.79 Å². The van der Waals surface area contributed by atoms with Crippen LogP contribution in [0.1, 0.15) is 40.0 Å². The maximum absolute atomic E-state index is 12.2. The van der Waals surface area contributed by atoms with Crippen molar-refractivity contribution in [1.29, 1.82) is 0 Å². The topological polar surface area (TPSA) is 68.6 Å². The quantitative estimate of drug-likeness (QED) is 0.471. The van der Waals surface area contributed by atoms with Gasteiger partial charge >= 0.3 is 5.97 Å². The highest BCUT2D eigenvalue weighted by Crippen LogP contribution is 2.23. The minimum absolute atomic E-state index is 0.0863. The lowest BCUT2D eigenvalue weighted by Crippen LogP contribution is -2.23. The first-order valence-electron chi connectivity index (χ1n) is 8.46. The van der Waals surface area contributed by atoms with Crippen molar-refractivity contribution >= 4 is 18.0 Å². The van der Waals surface area contributed by atoms with Gasteiger partial charge in [-0.3, -0.25) is 14.8 Å². The molecule has 1 unspecified atom stereocenters. The number of aliphatic imine (C=N–C) groups is 1. The lowest BCUT2D eigenvalue weighted by molar-refractivity contribution is -0.123. The molecule has 1 fully saturated rings. The summed E-state index contributed by atoms with van der Waals surface area (Å²) in [6, 6.07) is 10.8. The van der Waals surface area contributed by atoms with Gasteiger partial charge in [0.1, 0.15) is 0 Å². The second-order valence-corrected chi connectivity index (χ2v) is 6.33. The van der Waals surface area contributed by atoms with E-state index in [1.165, 1.54) is 0 Å². The molecule has 3 rings (SSSR count). The first-order valence-corrected chi connectivity index (χ1v) is 8.46. The molecule has 1 saturated carbocycles. The first kappa shape index (κ1) is 17.7. The fourth-order valence-corrected chi connectivity index (χ4v) is 2.64. The predicted molar refractivity (Wildman–Crippen MR) is 99.3 cm³/mol. The molecule has 26 heavy (non-hydrogen) atoms. The van der Waals surface area contributed by atoms with E-state index in [2.05, 4.69) is 16.6 Å². The number of aryl methyl sites for hydroxylation is 1. The molecule has 0 amide bonds. The van der Waals surface area contributed by atoms with Crippen molar-refractivity contribution in [1.82, 2.24) is 4.98 Å². The molecule has 1 aliphatic rings. The van der Waals surface area contributed by atoms with Crippen LogP contribution in [0.5, 0.6) is 0 Å². The summed E-state index contributed by atoms with van der Waals surface area (Å²) in [6.07, 6.45) is 3.73. The van der Waals surface area contributed by atoms with E-state index in [4.69, 9.17) is 4.74 Å². The molecule has 5 nitrogen and oxygen atoms in total. The van der Waals surface area contributed by atoms with Crippen LogP contribution >= 0.6 is 0 Å². The Morgan fingerprint density at radius 2 is 2.04 bits per heavy atom. The molecule has 0 bridgehead atoms. The van der Waals surface area contributed by atoms with E-state index in [9.17, 15) is 9.59 Å². The number of carbonyl (C=O) groups is 2. The maximum Gasteiger partial charge on any atom is 0.339 e. The van der Waals surface area contributed by atoms with Gasteiger partial charge in [0.15, 0.2) is 11.9 Å². The fourth-order valence-electron chi connectivity index (χ4n) is 2.64. The van der Waals surface area contributed by atoms with Gasteiger partial charge < -0.3 is 4.74 Å². The molecule has 0 aliphatic heterocycles. The third kappa shape index (κ3) is 4.30. The summed E-state index contributed by atoms with van der Waals surface area (Å²) in [5.41, 5.74) is 3.94. The van der Waals surface area contributed by atoms with Gasteiger partial charge in [-0.2, -0.15) is 0 Å². The highest BCUT2D eigenvalue weighted by molar-refractivity contribution is 5.96. The standard InChI is InChI=1S/C21H20N2O3/c1-14-3-9-18(23-11-14)13-22-12-16-5-7-17(8-6-16)21(25)26-20-15(2)4-10-19(20)24/h3,5-9,11-12,20H,2,4,10,13H2,1H3. The molecular weight excluding hydrogens is 328 g/mol. The van der Waals surface area contributed by atoms with E-state index < -0.39 is 12.1 Å². The molecule has 1 aromatic heterocycles. The monoisotopic (exact) mass is 348 g/mol. The Morgan fingerprint density at radius 3 is 2.65 bits per heavy atom. The van der Waals surface area contributed by atoms with Crippen LogP contribution in [-0.2, 0) is 16.1 Å². The van der Waals surface area contributed by atoms with E-state index in [0.717, 1.165) is 16.8 Å². The summed E-state index contributed by atoms with van der Waals surface area (Å²) in [7, 11) is 0. The molecule has 1 atom stereocenters. The molecule has 132 valence electrons. The normalized spacial score (nSPS) is 17.0. The number of carbonyl (C=O) groups excluding carboxylic acids is 2. The first-order chi connectivity index (χ1) is 12.5. The van der Waals surface area contributed by atoms with Crippen LogP contribution in [0.15, 0.2) is 59.7 Å². The van der Waals surface area contributed by atoms with E-state index in [-0.39, 0.29) is 5.78 Å². The molecule has 1 aliphatic carbocycles. The van der Waals surface area contributed by atoms with Crippen LogP contribution in [0, 0.1) is 6.92 Å². The Kier molecular flexibility index (Phi) is 5.37. The molecule has 0 radical (unpaired) electrons. The van der Waals surface area contributed by atoms with Crippen molar-refractivity contribution in [2.24, 2.45) is 4.99 Å². The zero-order valence-electron chi connectivity index (χ0n) is 14.6. The second-order valence-electron chi connectivity index (χ2n) is 6.33. The number of rotatable bonds is 5. The van der Waals surface area contributed by atoms with Crippen molar-refractivity contribution in [3.8, 4) is 0 Å². The number of pyridine rings is 1. The maximum atomic E-state index is 12.2. The Hall–Kier alpha value is -3.08. The lowest BCUT2D eigenvalue weighted by atomic mass is 10.1. The van der Waals surface area contributed by atoms with Crippen molar-refractivity contribution < 1.29 is 14.3 Å². The Bertz CT molecular complexity index is 836. The SMILES string of the molecule is C=C1CCC(=O)C1OC(=O)c1ccc(C=NCc2ccc(C)cn2)cc1.